The van der Waals surface area contributed by atoms with E-state index in [4.69, 9.17) is 9.47 Å². The van der Waals surface area contributed by atoms with E-state index in [1.807, 2.05) is 23.1 Å². The third-order valence-electron chi connectivity index (χ3n) is 4.22. The Morgan fingerprint density at radius 3 is 2.71 bits per heavy atom. The third-order valence-corrected chi connectivity index (χ3v) is 4.22. The van der Waals surface area contributed by atoms with Crippen LogP contribution < -0.4 is 14.8 Å². The van der Waals surface area contributed by atoms with E-state index < -0.39 is 0 Å². The van der Waals surface area contributed by atoms with Gasteiger partial charge in [0.15, 0.2) is 0 Å². The average molecular weight is 290 g/mol. The number of hydrogen-bond donors (Lipinski definition) is 1. The number of ether oxygens (including phenoxy) is 2. The predicted octanol–water partition coefficient (Wildman–Crippen LogP) is 2.71. The Kier molecular flexibility index (Phi) is 3.90. The molecule has 1 aliphatic carbocycles. The van der Waals surface area contributed by atoms with Gasteiger partial charge in [-0.15, -0.1) is 0 Å². The van der Waals surface area contributed by atoms with E-state index in [0.717, 1.165) is 49.3 Å². The van der Waals surface area contributed by atoms with E-state index in [2.05, 4.69) is 5.32 Å². The highest BCUT2D eigenvalue weighted by Crippen LogP contribution is 2.38. The Morgan fingerprint density at radius 2 is 2.05 bits per heavy atom. The maximum Gasteiger partial charge on any atom is 0.318 e. The first-order valence-electron chi connectivity index (χ1n) is 7.52. The van der Waals surface area contributed by atoms with Crippen LogP contribution in [-0.2, 0) is 0 Å². The van der Waals surface area contributed by atoms with Crippen LogP contribution in [0.2, 0.25) is 0 Å². The molecule has 0 unspecified atom stereocenters. The van der Waals surface area contributed by atoms with Crippen molar-refractivity contribution in [2.45, 2.75) is 37.8 Å². The number of hydrogen-bond acceptors (Lipinski definition) is 3. The molecule has 2 amide bonds. The first-order chi connectivity index (χ1) is 10.2. The number of likely N-dealkylation sites (tertiary alicyclic amines) is 1. The summed E-state index contributed by atoms with van der Waals surface area (Å²) >= 11 is 0. The van der Waals surface area contributed by atoms with Crippen molar-refractivity contribution < 1.29 is 14.3 Å². The summed E-state index contributed by atoms with van der Waals surface area (Å²) in [5.74, 6) is 1.55. The van der Waals surface area contributed by atoms with Gasteiger partial charge in [-0.2, -0.15) is 0 Å². The van der Waals surface area contributed by atoms with Gasteiger partial charge in [0.25, 0.3) is 0 Å². The minimum atomic E-state index is 0.0536. The van der Waals surface area contributed by atoms with Crippen molar-refractivity contribution in [1.29, 1.82) is 0 Å². The van der Waals surface area contributed by atoms with Crippen molar-refractivity contribution in [3.05, 3.63) is 23.8 Å². The summed E-state index contributed by atoms with van der Waals surface area (Å²) in [6.07, 6.45) is 4.21. The van der Waals surface area contributed by atoms with Gasteiger partial charge in [-0.25, -0.2) is 4.79 Å². The van der Waals surface area contributed by atoms with Crippen LogP contribution in [0.3, 0.4) is 0 Å². The molecule has 1 aromatic carbocycles. The smallest absolute Gasteiger partial charge is 0.318 e. The van der Waals surface area contributed by atoms with Gasteiger partial charge in [0.2, 0.25) is 0 Å². The van der Waals surface area contributed by atoms with Crippen LogP contribution in [0.15, 0.2) is 18.2 Å². The fraction of sp³-hybridized carbons (Fsp3) is 0.562. The molecule has 1 aliphatic heterocycles. The van der Waals surface area contributed by atoms with Gasteiger partial charge in [0, 0.05) is 24.2 Å². The lowest BCUT2D eigenvalue weighted by atomic mass is 10.0. The molecule has 0 radical (unpaired) electrons. The third kappa shape index (κ3) is 2.91. The van der Waals surface area contributed by atoms with E-state index >= 15 is 0 Å². The average Bonchev–Trinajstić information content (AvgIpc) is 3.18. The number of methoxy groups -OCH3 is 2. The maximum absolute atomic E-state index is 12.4. The Morgan fingerprint density at radius 1 is 1.24 bits per heavy atom. The van der Waals surface area contributed by atoms with Gasteiger partial charge in [0.05, 0.1) is 20.3 Å². The topological polar surface area (TPSA) is 50.8 Å². The Balaban J connectivity index is 1.82. The van der Waals surface area contributed by atoms with Crippen molar-refractivity contribution >= 4 is 6.03 Å². The largest absolute Gasteiger partial charge is 0.497 e. The molecule has 1 atom stereocenters. The molecular weight excluding hydrogens is 268 g/mol. The van der Waals surface area contributed by atoms with Crippen molar-refractivity contribution in [3.63, 3.8) is 0 Å². The summed E-state index contributed by atoms with van der Waals surface area (Å²) in [4.78, 5) is 14.3. The second-order valence-corrected chi connectivity index (χ2v) is 5.68. The van der Waals surface area contributed by atoms with Crippen LogP contribution in [0.5, 0.6) is 11.5 Å². The maximum atomic E-state index is 12.4. The van der Waals surface area contributed by atoms with Crippen molar-refractivity contribution in [3.8, 4) is 11.5 Å². The van der Waals surface area contributed by atoms with Gasteiger partial charge in [-0.1, -0.05) is 0 Å². The Bertz CT molecular complexity index is 528. The second-order valence-electron chi connectivity index (χ2n) is 5.68. The number of nitrogens with one attached hydrogen (secondary N) is 1. The highest BCUT2D eigenvalue weighted by atomic mass is 16.5. The van der Waals surface area contributed by atoms with Gasteiger partial charge < -0.3 is 19.7 Å². The molecule has 1 heterocycles. The van der Waals surface area contributed by atoms with Crippen LogP contribution in [0.4, 0.5) is 4.79 Å². The summed E-state index contributed by atoms with van der Waals surface area (Å²) in [6.45, 7) is 0.804. The predicted molar refractivity (Wildman–Crippen MR) is 79.8 cm³/mol. The van der Waals surface area contributed by atoms with Gasteiger partial charge in [-0.3, -0.25) is 0 Å². The fourth-order valence-corrected chi connectivity index (χ4v) is 2.91. The molecule has 0 aromatic heterocycles. The Labute approximate surface area is 125 Å². The van der Waals surface area contributed by atoms with E-state index in [9.17, 15) is 4.79 Å². The molecule has 1 N–H and O–H groups in total. The molecular formula is C16H22N2O3. The van der Waals surface area contributed by atoms with Crippen LogP contribution in [-0.4, -0.2) is 37.7 Å². The molecule has 0 bridgehead atoms. The molecule has 0 spiro atoms. The molecule has 1 aromatic rings. The first kappa shape index (κ1) is 14.0. The highest BCUT2D eigenvalue weighted by molar-refractivity contribution is 5.76. The summed E-state index contributed by atoms with van der Waals surface area (Å²) in [6, 6.07) is 6.34. The number of urea groups is 1. The van der Waals surface area contributed by atoms with Crippen molar-refractivity contribution in [2.24, 2.45) is 0 Å². The van der Waals surface area contributed by atoms with Crippen LogP contribution in [0.25, 0.3) is 0 Å². The molecule has 3 rings (SSSR count). The molecule has 1 saturated carbocycles. The van der Waals surface area contributed by atoms with Gasteiger partial charge in [-0.05, 0) is 37.8 Å². The summed E-state index contributed by atoms with van der Waals surface area (Å²) in [5, 5.41) is 3.08. The molecule has 2 fully saturated rings. The van der Waals surface area contributed by atoms with E-state index in [1.165, 1.54) is 0 Å². The lowest BCUT2D eigenvalue weighted by molar-refractivity contribution is 0.191. The molecule has 1 saturated heterocycles. The van der Waals surface area contributed by atoms with Crippen LogP contribution in [0, 0.1) is 0 Å². The zero-order chi connectivity index (χ0) is 14.8. The summed E-state index contributed by atoms with van der Waals surface area (Å²) < 4.78 is 10.7. The number of carbonyl (C=O) groups excluding carboxylic acids is 1. The van der Waals surface area contributed by atoms with E-state index in [-0.39, 0.29) is 12.1 Å². The standard InChI is InChI=1S/C16H22N2O3/c1-20-12-7-8-13(15(10-12)21-2)14-4-3-9-18(14)16(19)17-11-5-6-11/h7-8,10-11,14H,3-6,9H2,1-2H3,(H,17,19)/t14-/m0/s1. The summed E-state index contributed by atoms with van der Waals surface area (Å²) in [5.41, 5.74) is 1.06. The van der Waals surface area contributed by atoms with Crippen LogP contribution >= 0.6 is 0 Å². The van der Waals surface area contributed by atoms with Crippen LogP contribution in [0.1, 0.15) is 37.3 Å². The molecule has 2 aliphatic rings. The second kappa shape index (κ2) is 5.84. The lowest BCUT2D eigenvalue weighted by Crippen LogP contribution is -2.40. The zero-order valence-electron chi connectivity index (χ0n) is 12.6. The number of amides is 2. The minimum Gasteiger partial charge on any atom is -0.497 e. The molecule has 21 heavy (non-hydrogen) atoms. The summed E-state index contributed by atoms with van der Waals surface area (Å²) in [7, 11) is 3.29. The minimum absolute atomic E-state index is 0.0536. The fourth-order valence-electron chi connectivity index (χ4n) is 2.91. The number of carbonyl (C=O) groups is 1. The van der Waals surface area contributed by atoms with Crippen molar-refractivity contribution in [1.82, 2.24) is 10.2 Å². The number of rotatable bonds is 4. The zero-order valence-corrected chi connectivity index (χ0v) is 12.6. The SMILES string of the molecule is COc1ccc([C@@H]2CCCN2C(=O)NC2CC2)c(OC)c1. The quantitative estimate of drug-likeness (QED) is 0.927. The Hall–Kier alpha value is -1.91. The van der Waals surface area contributed by atoms with Gasteiger partial charge in [0.1, 0.15) is 11.5 Å². The highest BCUT2D eigenvalue weighted by Gasteiger charge is 2.34. The lowest BCUT2D eigenvalue weighted by Gasteiger charge is -2.26. The van der Waals surface area contributed by atoms with Gasteiger partial charge >= 0.3 is 6.03 Å². The monoisotopic (exact) mass is 290 g/mol. The number of benzene rings is 1. The molecule has 114 valence electrons. The normalized spacial score (nSPS) is 21.2. The first-order valence-corrected chi connectivity index (χ1v) is 7.52. The molecule has 5 nitrogen and oxygen atoms in total. The van der Waals surface area contributed by atoms with E-state index in [0.29, 0.717) is 6.04 Å². The number of nitrogens with zero attached hydrogens (tertiary/aromatic N) is 1. The van der Waals surface area contributed by atoms with Crippen molar-refractivity contribution in [2.75, 3.05) is 20.8 Å². The molecule has 5 heteroatoms. The van der Waals surface area contributed by atoms with E-state index in [1.54, 1.807) is 14.2 Å².